The molecular weight excluding hydrogens is 498 g/mol. The van der Waals surface area contributed by atoms with Gasteiger partial charge in [0.25, 0.3) is 0 Å². The Kier molecular flexibility index (Phi) is 6.93. The molecule has 0 aliphatic carbocycles. The van der Waals surface area contributed by atoms with Crippen LogP contribution in [0.15, 0.2) is 47.5 Å². The maximum atomic E-state index is 13.2. The Balaban J connectivity index is 1.39. The second kappa shape index (κ2) is 9.28. The summed E-state index contributed by atoms with van der Waals surface area (Å²) in [7, 11) is -4.49. The number of aliphatic hydroxyl groups is 1. The molecule has 4 rings (SSSR count). The van der Waals surface area contributed by atoms with Crippen LogP contribution in [0.2, 0.25) is 0 Å². The highest BCUT2D eigenvalue weighted by Crippen LogP contribution is 2.36. The highest BCUT2D eigenvalue weighted by molar-refractivity contribution is 7.89. The van der Waals surface area contributed by atoms with Gasteiger partial charge in [-0.25, -0.2) is 13.4 Å². The van der Waals surface area contributed by atoms with Crippen molar-refractivity contribution in [1.29, 1.82) is 0 Å². The van der Waals surface area contributed by atoms with E-state index in [2.05, 4.69) is 10.3 Å². The topological polar surface area (TPSA) is 101 Å². The van der Waals surface area contributed by atoms with Crippen LogP contribution >= 0.6 is 0 Å². The summed E-state index contributed by atoms with van der Waals surface area (Å²) in [6.45, 7) is 7.69. The van der Waals surface area contributed by atoms with Crippen LogP contribution in [0.3, 0.4) is 0 Å². The van der Waals surface area contributed by atoms with Crippen molar-refractivity contribution < 1.29 is 36.0 Å². The highest BCUT2D eigenvalue weighted by atomic mass is 32.2. The van der Waals surface area contributed by atoms with E-state index in [0.717, 1.165) is 6.07 Å². The highest BCUT2D eigenvalue weighted by Gasteiger charge is 2.51. The van der Waals surface area contributed by atoms with Crippen LogP contribution in [0.5, 0.6) is 0 Å². The largest absolute Gasteiger partial charge is 0.494 e. The SMILES string of the molecule is CC1(C)OB(c2ccc(S(=O)(=O)N3CC[C@H](Nc4ccc(C(F)(F)F)cn4)[C@H](O)C3)cc2)OC1(C)C. The molecule has 8 nitrogen and oxygen atoms in total. The fraction of sp³-hybridized carbons (Fsp3) is 0.522. The number of sulfonamides is 1. The van der Waals surface area contributed by atoms with Crippen molar-refractivity contribution in [2.75, 3.05) is 18.4 Å². The molecule has 2 fully saturated rings. The van der Waals surface area contributed by atoms with Gasteiger partial charge in [-0.05, 0) is 63.8 Å². The number of β-amino-alcohol motifs (C(OH)–C–C–N with tert-alkyl or cyclic N) is 1. The average molecular weight is 527 g/mol. The molecule has 2 atom stereocenters. The number of nitrogens with one attached hydrogen (secondary N) is 1. The van der Waals surface area contributed by atoms with Gasteiger partial charge in [-0.15, -0.1) is 0 Å². The fourth-order valence-corrected chi connectivity index (χ4v) is 5.52. The van der Waals surface area contributed by atoms with E-state index < -0.39 is 52.2 Å². The molecule has 0 saturated carbocycles. The van der Waals surface area contributed by atoms with Crippen LogP contribution in [-0.2, 0) is 25.5 Å². The molecular formula is C23H29BF3N3O5S. The van der Waals surface area contributed by atoms with Gasteiger partial charge in [0.1, 0.15) is 5.82 Å². The van der Waals surface area contributed by atoms with Gasteiger partial charge in [0.05, 0.1) is 33.8 Å². The van der Waals surface area contributed by atoms with Gasteiger partial charge in [-0.1, -0.05) is 12.1 Å². The van der Waals surface area contributed by atoms with E-state index in [0.29, 0.717) is 11.7 Å². The third-order valence-electron chi connectivity index (χ3n) is 7.01. The minimum atomic E-state index is -4.49. The summed E-state index contributed by atoms with van der Waals surface area (Å²) in [6, 6.07) is 7.78. The Hall–Kier alpha value is -2.19. The molecule has 0 bridgehead atoms. The lowest BCUT2D eigenvalue weighted by Crippen LogP contribution is -2.51. The van der Waals surface area contributed by atoms with E-state index in [1.54, 1.807) is 12.1 Å². The monoisotopic (exact) mass is 527 g/mol. The molecule has 2 N–H and O–H groups in total. The predicted octanol–water partition coefficient (Wildman–Crippen LogP) is 2.64. The minimum Gasteiger partial charge on any atom is -0.399 e. The van der Waals surface area contributed by atoms with Gasteiger partial charge in [-0.2, -0.15) is 17.5 Å². The number of nitrogens with zero attached hydrogens (tertiary/aromatic N) is 2. The van der Waals surface area contributed by atoms with Crippen molar-refractivity contribution in [3.63, 3.8) is 0 Å². The Morgan fingerprint density at radius 3 is 2.19 bits per heavy atom. The van der Waals surface area contributed by atoms with Crippen LogP contribution in [0.4, 0.5) is 19.0 Å². The van der Waals surface area contributed by atoms with Crippen molar-refractivity contribution in [1.82, 2.24) is 9.29 Å². The number of hydrogen-bond acceptors (Lipinski definition) is 7. The van der Waals surface area contributed by atoms with Gasteiger partial charge in [0, 0.05) is 19.3 Å². The lowest BCUT2D eigenvalue weighted by Gasteiger charge is -2.35. The number of halogens is 3. The zero-order valence-corrected chi connectivity index (χ0v) is 21.2. The smallest absolute Gasteiger partial charge is 0.399 e. The third kappa shape index (κ3) is 5.26. The van der Waals surface area contributed by atoms with E-state index in [-0.39, 0.29) is 30.2 Å². The van der Waals surface area contributed by atoms with Gasteiger partial charge in [0.15, 0.2) is 0 Å². The number of aromatic nitrogens is 1. The number of rotatable bonds is 5. The molecule has 2 aromatic rings. The van der Waals surface area contributed by atoms with Crippen LogP contribution in [-0.4, -0.2) is 66.4 Å². The lowest BCUT2D eigenvalue weighted by atomic mass is 9.79. The molecule has 0 unspecified atom stereocenters. The minimum absolute atomic E-state index is 0.0748. The molecule has 2 aliphatic heterocycles. The number of alkyl halides is 3. The maximum absolute atomic E-state index is 13.2. The van der Waals surface area contributed by atoms with Gasteiger partial charge in [-0.3, -0.25) is 0 Å². The number of aliphatic hydroxyl groups excluding tert-OH is 1. The Bertz CT molecular complexity index is 1170. The van der Waals surface area contributed by atoms with Gasteiger partial charge in [0.2, 0.25) is 10.0 Å². The van der Waals surface area contributed by atoms with Crippen LogP contribution in [0, 0.1) is 0 Å². The van der Waals surface area contributed by atoms with E-state index in [4.69, 9.17) is 9.31 Å². The summed E-state index contributed by atoms with van der Waals surface area (Å²) in [5, 5.41) is 13.5. The van der Waals surface area contributed by atoms with Gasteiger partial charge < -0.3 is 19.7 Å². The number of pyridine rings is 1. The number of benzene rings is 1. The van der Waals surface area contributed by atoms with Crippen molar-refractivity contribution >= 4 is 28.4 Å². The summed E-state index contributed by atoms with van der Waals surface area (Å²) >= 11 is 0. The normalized spacial score (nSPS) is 24.6. The maximum Gasteiger partial charge on any atom is 0.494 e. The summed E-state index contributed by atoms with van der Waals surface area (Å²) in [4.78, 5) is 3.83. The second-order valence-corrected chi connectivity index (χ2v) is 12.0. The molecule has 2 aliphatic rings. The molecule has 0 spiro atoms. The van der Waals surface area contributed by atoms with Crippen LogP contribution < -0.4 is 10.8 Å². The van der Waals surface area contributed by atoms with E-state index in [9.17, 15) is 26.7 Å². The van der Waals surface area contributed by atoms with Crippen LogP contribution in [0.25, 0.3) is 0 Å². The fourth-order valence-electron chi connectivity index (χ4n) is 4.05. The zero-order valence-electron chi connectivity index (χ0n) is 20.4. The molecule has 3 heterocycles. The summed E-state index contributed by atoms with van der Waals surface area (Å²) in [6.07, 6.45) is -4.62. The molecule has 0 radical (unpaired) electrons. The quantitative estimate of drug-likeness (QED) is 0.577. The first-order chi connectivity index (χ1) is 16.6. The van der Waals surface area contributed by atoms with Crippen molar-refractivity contribution in [2.45, 2.75) is 68.5 Å². The van der Waals surface area contributed by atoms with E-state index >= 15 is 0 Å². The molecule has 13 heteroatoms. The number of piperidine rings is 1. The Labute approximate surface area is 209 Å². The second-order valence-electron chi connectivity index (χ2n) is 10.1. The molecule has 196 valence electrons. The molecule has 2 saturated heterocycles. The summed E-state index contributed by atoms with van der Waals surface area (Å²) in [5.74, 6) is 0.168. The first kappa shape index (κ1) is 26.9. The van der Waals surface area contributed by atoms with E-state index in [1.807, 2.05) is 27.7 Å². The molecule has 1 aromatic carbocycles. The standard InChI is InChI=1S/C23H29BF3N3O5S/c1-21(2)22(3,4)35-24(34-21)16-6-8-17(9-7-16)36(32,33)30-12-11-18(19(31)14-30)29-20-10-5-15(13-28-20)23(25,26)27/h5-10,13,18-19,31H,11-12,14H2,1-4H3,(H,28,29)/t18-,19+/m0/s1. The van der Waals surface area contributed by atoms with Crippen molar-refractivity contribution in [2.24, 2.45) is 0 Å². The van der Waals surface area contributed by atoms with E-state index in [1.165, 1.54) is 22.5 Å². The van der Waals surface area contributed by atoms with Crippen LogP contribution in [0.1, 0.15) is 39.7 Å². The predicted molar refractivity (Wildman–Crippen MR) is 128 cm³/mol. The summed E-state index contributed by atoms with van der Waals surface area (Å²) < 4.78 is 77.7. The molecule has 36 heavy (non-hydrogen) atoms. The van der Waals surface area contributed by atoms with Crippen molar-refractivity contribution in [3.8, 4) is 0 Å². The first-order valence-corrected chi connectivity index (χ1v) is 13.0. The number of anilines is 1. The zero-order chi connectivity index (χ0) is 26.5. The van der Waals surface area contributed by atoms with Crippen molar-refractivity contribution in [3.05, 3.63) is 48.2 Å². The Morgan fingerprint density at radius 2 is 1.69 bits per heavy atom. The average Bonchev–Trinajstić information content (AvgIpc) is 3.02. The summed E-state index contributed by atoms with van der Waals surface area (Å²) in [5.41, 5.74) is -1.22. The third-order valence-corrected chi connectivity index (χ3v) is 8.89. The van der Waals surface area contributed by atoms with Gasteiger partial charge >= 0.3 is 13.3 Å². The molecule has 0 amide bonds. The lowest BCUT2D eigenvalue weighted by molar-refractivity contribution is -0.137. The molecule has 1 aromatic heterocycles. The first-order valence-electron chi connectivity index (χ1n) is 11.5. The Morgan fingerprint density at radius 1 is 1.08 bits per heavy atom. The number of hydrogen-bond donors (Lipinski definition) is 2.